The van der Waals surface area contributed by atoms with Crippen molar-refractivity contribution in [3.63, 3.8) is 0 Å². The molecule has 0 unspecified atom stereocenters. The Kier molecular flexibility index (Phi) is 5.33. The van der Waals surface area contributed by atoms with Crippen LogP contribution >= 0.6 is 0 Å². The van der Waals surface area contributed by atoms with Gasteiger partial charge in [-0.3, -0.25) is 4.79 Å². The third-order valence-electron chi connectivity index (χ3n) is 5.32. The molecule has 1 aromatic heterocycles. The molecule has 2 aromatic carbocycles. The molecule has 0 saturated carbocycles. The molecule has 28 heavy (non-hydrogen) atoms. The van der Waals surface area contributed by atoms with E-state index < -0.39 is 0 Å². The van der Waals surface area contributed by atoms with E-state index in [1.165, 1.54) is 5.56 Å². The Morgan fingerprint density at radius 2 is 1.64 bits per heavy atom. The number of benzene rings is 2. The zero-order valence-corrected chi connectivity index (χ0v) is 16.7. The number of piperazine rings is 1. The van der Waals surface area contributed by atoms with Crippen LogP contribution in [0.25, 0.3) is 11.0 Å². The van der Waals surface area contributed by atoms with Gasteiger partial charge in [0.25, 0.3) is 0 Å². The van der Waals surface area contributed by atoms with Crippen LogP contribution < -0.4 is 4.90 Å². The second kappa shape index (κ2) is 8.05. The number of hydrogen-bond acceptors (Lipinski definition) is 3. The first-order valence-electron chi connectivity index (χ1n) is 10.1. The predicted octanol–water partition coefficient (Wildman–Crippen LogP) is 3.78. The van der Waals surface area contributed by atoms with E-state index >= 15 is 0 Å². The van der Waals surface area contributed by atoms with Gasteiger partial charge in [0.15, 0.2) is 0 Å². The van der Waals surface area contributed by atoms with Crippen LogP contribution in [0.4, 0.5) is 5.95 Å². The Morgan fingerprint density at radius 3 is 2.36 bits per heavy atom. The van der Waals surface area contributed by atoms with Gasteiger partial charge in [-0.2, -0.15) is 0 Å². The van der Waals surface area contributed by atoms with E-state index in [0.29, 0.717) is 12.3 Å². The van der Waals surface area contributed by atoms with Crippen LogP contribution in [-0.2, 0) is 11.3 Å². The van der Waals surface area contributed by atoms with Crippen molar-refractivity contribution in [2.45, 2.75) is 26.8 Å². The fourth-order valence-corrected chi connectivity index (χ4v) is 3.86. The highest BCUT2D eigenvalue weighted by atomic mass is 16.2. The number of aromatic nitrogens is 2. The van der Waals surface area contributed by atoms with Crippen molar-refractivity contribution in [3.8, 4) is 0 Å². The third-order valence-corrected chi connectivity index (χ3v) is 5.32. The van der Waals surface area contributed by atoms with Crippen molar-refractivity contribution in [3.05, 3.63) is 60.2 Å². The summed E-state index contributed by atoms with van der Waals surface area (Å²) in [6.45, 7) is 8.16. The number of para-hydroxylation sites is 2. The zero-order valence-electron chi connectivity index (χ0n) is 16.7. The van der Waals surface area contributed by atoms with Gasteiger partial charge in [-0.15, -0.1) is 0 Å². The van der Waals surface area contributed by atoms with E-state index in [1.807, 2.05) is 17.0 Å². The molecule has 0 aliphatic carbocycles. The quantitative estimate of drug-likeness (QED) is 0.680. The van der Waals surface area contributed by atoms with E-state index in [1.54, 1.807) is 0 Å². The largest absolute Gasteiger partial charge is 0.339 e. The molecule has 0 spiro atoms. The summed E-state index contributed by atoms with van der Waals surface area (Å²) in [5, 5.41) is 0. The number of carbonyl (C=O) groups excluding carboxylic acids is 1. The monoisotopic (exact) mass is 376 g/mol. The van der Waals surface area contributed by atoms with Gasteiger partial charge < -0.3 is 14.4 Å². The molecule has 1 aliphatic heterocycles. The van der Waals surface area contributed by atoms with Gasteiger partial charge in [-0.05, 0) is 23.6 Å². The second-order valence-corrected chi connectivity index (χ2v) is 7.94. The average molecular weight is 377 g/mol. The van der Waals surface area contributed by atoms with Crippen LogP contribution in [0.15, 0.2) is 54.6 Å². The number of hydrogen-bond donors (Lipinski definition) is 0. The highest BCUT2D eigenvalue weighted by molar-refractivity contribution is 5.79. The standard InChI is InChI=1S/C23H28N4O/c1-18(2)16-22(28)25-12-14-26(15-13-25)23-24-20-10-6-7-11-21(20)27(23)17-19-8-4-3-5-9-19/h3-11,18H,12-17H2,1-2H3. The third kappa shape index (κ3) is 3.88. The lowest BCUT2D eigenvalue weighted by atomic mass is 10.1. The molecule has 1 aliphatic rings. The summed E-state index contributed by atoms with van der Waals surface area (Å²) in [6, 6.07) is 18.8. The van der Waals surface area contributed by atoms with Crippen molar-refractivity contribution in [2.24, 2.45) is 5.92 Å². The van der Waals surface area contributed by atoms with Crippen LogP contribution in [0.5, 0.6) is 0 Å². The lowest BCUT2D eigenvalue weighted by molar-refractivity contribution is -0.132. The lowest BCUT2D eigenvalue weighted by Crippen LogP contribution is -2.49. The molecule has 0 bridgehead atoms. The van der Waals surface area contributed by atoms with Gasteiger partial charge in [0.05, 0.1) is 17.6 Å². The Hall–Kier alpha value is -2.82. The maximum Gasteiger partial charge on any atom is 0.222 e. The maximum absolute atomic E-state index is 12.4. The molecular weight excluding hydrogens is 348 g/mol. The Bertz CT molecular complexity index is 940. The topological polar surface area (TPSA) is 41.4 Å². The lowest BCUT2D eigenvalue weighted by Gasteiger charge is -2.36. The average Bonchev–Trinajstić information content (AvgIpc) is 3.07. The van der Waals surface area contributed by atoms with E-state index in [0.717, 1.165) is 49.7 Å². The van der Waals surface area contributed by atoms with Gasteiger partial charge in [-0.1, -0.05) is 56.3 Å². The van der Waals surface area contributed by atoms with E-state index in [4.69, 9.17) is 4.98 Å². The van der Waals surface area contributed by atoms with Gasteiger partial charge >= 0.3 is 0 Å². The molecule has 2 heterocycles. The summed E-state index contributed by atoms with van der Waals surface area (Å²) in [4.78, 5) is 21.6. The minimum Gasteiger partial charge on any atom is -0.339 e. The smallest absolute Gasteiger partial charge is 0.222 e. The summed E-state index contributed by atoms with van der Waals surface area (Å²) < 4.78 is 2.30. The van der Waals surface area contributed by atoms with E-state index in [-0.39, 0.29) is 5.91 Å². The molecule has 0 atom stereocenters. The number of amides is 1. The predicted molar refractivity (Wildman–Crippen MR) is 114 cm³/mol. The van der Waals surface area contributed by atoms with Gasteiger partial charge in [-0.25, -0.2) is 4.98 Å². The maximum atomic E-state index is 12.4. The molecule has 146 valence electrons. The Morgan fingerprint density at radius 1 is 0.964 bits per heavy atom. The van der Waals surface area contributed by atoms with E-state index in [9.17, 15) is 4.79 Å². The molecule has 1 saturated heterocycles. The number of nitrogens with zero attached hydrogens (tertiary/aromatic N) is 4. The molecule has 5 nitrogen and oxygen atoms in total. The number of anilines is 1. The Balaban J connectivity index is 1.57. The Labute approximate surface area is 166 Å². The first-order valence-corrected chi connectivity index (χ1v) is 10.1. The fraction of sp³-hybridized carbons (Fsp3) is 0.391. The number of imidazole rings is 1. The van der Waals surface area contributed by atoms with E-state index in [2.05, 4.69) is 65.8 Å². The molecule has 1 amide bonds. The first-order chi connectivity index (χ1) is 13.6. The normalized spacial score (nSPS) is 14.8. The summed E-state index contributed by atoms with van der Waals surface area (Å²) in [5.41, 5.74) is 3.43. The summed E-state index contributed by atoms with van der Waals surface area (Å²) in [5.74, 6) is 1.68. The van der Waals surface area contributed by atoms with Crippen LogP contribution in [0.1, 0.15) is 25.8 Å². The minimum atomic E-state index is 0.271. The van der Waals surface area contributed by atoms with Crippen LogP contribution in [0.3, 0.4) is 0 Å². The minimum absolute atomic E-state index is 0.271. The summed E-state index contributed by atoms with van der Waals surface area (Å²) >= 11 is 0. The highest BCUT2D eigenvalue weighted by Crippen LogP contribution is 2.25. The van der Waals surface area contributed by atoms with Crippen LogP contribution in [-0.4, -0.2) is 46.5 Å². The van der Waals surface area contributed by atoms with Crippen molar-refractivity contribution >= 4 is 22.9 Å². The number of carbonyl (C=O) groups is 1. The highest BCUT2D eigenvalue weighted by Gasteiger charge is 2.25. The van der Waals surface area contributed by atoms with Gasteiger partial charge in [0, 0.05) is 32.6 Å². The van der Waals surface area contributed by atoms with Crippen LogP contribution in [0.2, 0.25) is 0 Å². The SMILES string of the molecule is CC(C)CC(=O)N1CCN(c2nc3ccccc3n2Cc2ccccc2)CC1. The molecule has 0 radical (unpaired) electrons. The molecule has 5 heteroatoms. The van der Waals surface area contributed by atoms with Crippen molar-refractivity contribution in [1.29, 1.82) is 0 Å². The zero-order chi connectivity index (χ0) is 19.5. The summed E-state index contributed by atoms with van der Waals surface area (Å²) in [6.07, 6.45) is 0.631. The molecule has 0 N–H and O–H groups in total. The van der Waals surface area contributed by atoms with Gasteiger partial charge in [0.2, 0.25) is 11.9 Å². The van der Waals surface area contributed by atoms with Crippen molar-refractivity contribution in [1.82, 2.24) is 14.5 Å². The molecule has 4 rings (SSSR count). The summed E-state index contributed by atoms with van der Waals surface area (Å²) in [7, 11) is 0. The molecule has 1 fully saturated rings. The fourth-order valence-electron chi connectivity index (χ4n) is 3.86. The van der Waals surface area contributed by atoms with Crippen molar-refractivity contribution in [2.75, 3.05) is 31.1 Å². The number of fused-ring (bicyclic) bond motifs is 1. The van der Waals surface area contributed by atoms with Crippen LogP contribution in [0, 0.1) is 5.92 Å². The molecular formula is C23H28N4O. The van der Waals surface area contributed by atoms with Crippen molar-refractivity contribution < 1.29 is 4.79 Å². The first kappa shape index (κ1) is 18.5. The molecule has 3 aromatic rings. The second-order valence-electron chi connectivity index (χ2n) is 7.94. The van der Waals surface area contributed by atoms with Gasteiger partial charge in [0.1, 0.15) is 0 Å². The number of rotatable bonds is 5.